The Labute approximate surface area is 168 Å². The molecule has 0 amide bonds. The average molecular weight is 386 g/mol. The molecule has 1 aromatic rings. The quantitative estimate of drug-likeness (QED) is 0.477. The molecule has 5 nitrogen and oxygen atoms in total. The zero-order valence-electron chi connectivity index (χ0n) is 17.8. The molecule has 6 heteroatoms. The van der Waals surface area contributed by atoms with E-state index in [1.54, 1.807) is 25.3 Å². The van der Waals surface area contributed by atoms with Crippen molar-refractivity contribution in [2.24, 2.45) is 0 Å². The second-order valence-electron chi connectivity index (χ2n) is 7.84. The maximum absolute atomic E-state index is 12.2. The lowest BCUT2D eigenvalue weighted by Crippen LogP contribution is -2.41. The molecule has 0 unspecified atom stereocenters. The number of methoxy groups -OCH3 is 1. The van der Waals surface area contributed by atoms with Gasteiger partial charge in [-0.25, -0.2) is 4.79 Å². The predicted molar refractivity (Wildman–Crippen MR) is 114 cm³/mol. The third-order valence-corrected chi connectivity index (χ3v) is 5.16. The number of rotatable bonds is 8. The number of allylic oxidation sites excluding steroid dienone is 4. The van der Waals surface area contributed by atoms with E-state index in [2.05, 4.69) is 6.92 Å². The van der Waals surface area contributed by atoms with Gasteiger partial charge in [0.05, 0.1) is 23.9 Å². The molecule has 0 atom stereocenters. The van der Waals surface area contributed by atoms with E-state index in [0.29, 0.717) is 23.5 Å². The molecule has 28 heavy (non-hydrogen) atoms. The Bertz CT molecular complexity index is 786. The van der Waals surface area contributed by atoms with Gasteiger partial charge in [-0.1, -0.05) is 43.6 Å². The van der Waals surface area contributed by atoms with Crippen LogP contribution in [0, 0.1) is 0 Å². The van der Waals surface area contributed by atoms with Crippen LogP contribution in [0.4, 0.5) is 0 Å². The summed E-state index contributed by atoms with van der Waals surface area (Å²) in [6, 6.07) is 1.75. The summed E-state index contributed by atoms with van der Waals surface area (Å²) in [6.07, 6.45) is 11.7. The standard InChI is InChI=1S/C22H31BO5/c1-7-8-14-18-19(25-6)16-17(26-20(18)24)13-11-9-10-12-15-23-27-21(2,3)22(4,5)28-23/h9-13,15-16H,7-8,14H2,1-6H3/b10-9+,13-11+,15-12+. The fourth-order valence-corrected chi connectivity index (χ4v) is 2.76. The van der Waals surface area contributed by atoms with E-state index in [9.17, 15) is 4.79 Å². The van der Waals surface area contributed by atoms with Crippen molar-refractivity contribution in [2.45, 2.75) is 65.1 Å². The minimum atomic E-state index is -0.364. The molecule has 1 fully saturated rings. The topological polar surface area (TPSA) is 57.9 Å². The fraction of sp³-hybridized carbons (Fsp3) is 0.500. The van der Waals surface area contributed by atoms with Crippen LogP contribution in [-0.2, 0) is 15.7 Å². The van der Waals surface area contributed by atoms with E-state index in [4.69, 9.17) is 18.5 Å². The monoisotopic (exact) mass is 386 g/mol. The molecule has 2 heterocycles. The normalized spacial score (nSPS) is 18.7. The summed E-state index contributed by atoms with van der Waals surface area (Å²) >= 11 is 0. The van der Waals surface area contributed by atoms with E-state index in [0.717, 1.165) is 12.8 Å². The third kappa shape index (κ3) is 5.49. The summed E-state index contributed by atoms with van der Waals surface area (Å²) in [5.41, 5.74) is -0.420. The van der Waals surface area contributed by atoms with Gasteiger partial charge in [0.15, 0.2) is 0 Å². The first kappa shape index (κ1) is 22.2. The zero-order chi connectivity index (χ0) is 20.8. The van der Waals surface area contributed by atoms with Crippen LogP contribution in [0.1, 0.15) is 58.8 Å². The zero-order valence-corrected chi connectivity index (χ0v) is 17.8. The second-order valence-corrected chi connectivity index (χ2v) is 7.84. The Morgan fingerprint density at radius 1 is 1.07 bits per heavy atom. The molecule has 2 rings (SSSR count). The molecule has 152 valence electrons. The number of hydrogen-bond acceptors (Lipinski definition) is 5. The molecule has 0 bridgehead atoms. The molecule has 0 aromatic carbocycles. The minimum absolute atomic E-state index is 0.336. The molecule has 1 aliphatic heterocycles. The molecule has 0 saturated carbocycles. The van der Waals surface area contributed by atoms with Crippen LogP contribution in [0.3, 0.4) is 0 Å². The van der Waals surface area contributed by atoms with Gasteiger partial charge >= 0.3 is 12.7 Å². The van der Waals surface area contributed by atoms with Crippen LogP contribution in [0.2, 0.25) is 0 Å². The first-order valence-corrected chi connectivity index (χ1v) is 9.78. The van der Waals surface area contributed by atoms with Crippen LogP contribution in [-0.4, -0.2) is 25.4 Å². The van der Waals surface area contributed by atoms with Gasteiger partial charge in [-0.05, 0) is 46.6 Å². The van der Waals surface area contributed by atoms with Crippen LogP contribution in [0.5, 0.6) is 5.75 Å². The average Bonchev–Trinajstić information content (AvgIpc) is 2.83. The summed E-state index contributed by atoms with van der Waals surface area (Å²) in [4.78, 5) is 12.2. The first-order chi connectivity index (χ1) is 13.2. The van der Waals surface area contributed by atoms with E-state index in [1.165, 1.54) is 0 Å². The molecular formula is C22H31BO5. The highest BCUT2D eigenvalue weighted by atomic mass is 16.7. The second kappa shape index (κ2) is 9.44. The SMILES string of the molecule is CCCCc1c(OC)cc(/C=C/C=C/C=C/B2OC(C)(C)C(C)(C)O2)oc1=O. The van der Waals surface area contributed by atoms with Gasteiger partial charge in [-0.2, -0.15) is 0 Å². The van der Waals surface area contributed by atoms with Crippen LogP contribution in [0.15, 0.2) is 45.6 Å². The molecule has 0 aliphatic carbocycles. The third-order valence-electron chi connectivity index (χ3n) is 5.16. The van der Waals surface area contributed by atoms with Crippen molar-refractivity contribution in [3.63, 3.8) is 0 Å². The lowest BCUT2D eigenvalue weighted by atomic mass is 9.90. The van der Waals surface area contributed by atoms with Gasteiger partial charge in [-0.15, -0.1) is 0 Å². The van der Waals surface area contributed by atoms with Gasteiger partial charge in [0.25, 0.3) is 0 Å². The van der Waals surface area contributed by atoms with Crippen molar-refractivity contribution in [3.05, 3.63) is 58.1 Å². The summed E-state index contributed by atoms with van der Waals surface area (Å²) in [6.45, 7) is 10.2. The van der Waals surface area contributed by atoms with Crippen molar-refractivity contribution in [1.82, 2.24) is 0 Å². The van der Waals surface area contributed by atoms with Crippen molar-refractivity contribution in [2.75, 3.05) is 7.11 Å². The summed E-state index contributed by atoms with van der Waals surface area (Å²) < 4.78 is 22.5. The Balaban J connectivity index is 1.97. The maximum atomic E-state index is 12.2. The predicted octanol–water partition coefficient (Wildman–Crippen LogP) is 4.75. The van der Waals surface area contributed by atoms with Gasteiger partial charge in [0.1, 0.15) is 11.5 Å². The largest absolute Gasteiger partial charge is 0.496 e. The molecular weight excluding hydrogens is 355 g/mol. The van der Waals surface area contributed by atoms with E-state index in [-0.39, 0.29) is 23.9 Å². The van der Waals surface area contributed by atoms with Gasteiger partial charge in [0, 0.05) is 6.07 Å². The minimum Gasteiger partial charge on any atom is -0.496 e. The number of hydrogen-bond donors (Lipinski definition) is 0. The molecule has 0 radical (unpaired) electrons. The summed E-state index contributed by atoms with van der Waals surface area (Å²) in [5, 5.41) is 0. The lowest BCUT2D eigenvalue weighted by molar-refractivity contribution is 0.00578. The van der Waals surface area contributed by atoms with Gasteiger partial charge in [-0.3, -0.25) is 0 Å². The highest BCUT2D eigenvalue weighted by Gasteiger charge is 2.49. The highest BCUT2D eigenvalue weighted by Crippen LogP contribution is 2.36. The Kier molecular flexibility index (Phi) is 7.50. The molecule has 0 N–H and O–H groups in total. The number of ether oxygens (including phenoxy) is 1. The van der Waals surface area contributed by atoms with Gasteiger partial charge in [0.2, 0.25) is 0 Å². The summed E-state index contributed by atoms with van der Waals surface area (Å²) in [7, 11) is 1.20. The molecule has 1 saturated heterocycles. The highest BCUT2D eigenvalue weighted by molar-refractivity contribution is 6.51. The fourth-order valence-electron chi connectivity index (χ4n) is 2.76. The van der Waals surface area contributed by atoms with Crippen molar-refractivity contribution in [3.8, 4) is 5.75 Å². The number of unbranched alkanes of at least 4 members (excludes halogenated alkanes) is 1. The van der Waals surface area contributed by atoms with E-state index >= 15 is 0 Å². The van der Waals surface area contributed by atoms with Crippen molar-refractivity contribution >= 4 is 13.2 Å². The first-order valence-electron chi connectivity index (χ1n) is 9.78. The van der Waals surface area contributed by atoms with Crippen molar-refractivity contribution in [1.29, 1.82) is 0 Å². The Morgan fingerprint density at radius 3 is 2.32 bits per heavy atom. The van der Waals surface area contributed by atoms with E-state index < -0.39 is 0 Å². The smallest absolute Gasteiger partial charge is 0.487 e. The van der Waals surface area contributed by atoms with E-state index in [1.807, 2.05) is 51.9 Å². The van der Waals surface area contributed by atoms with Crippen LogP contribution in [0.25, 0.3) is 6.08 Å². The van der Waals surface area contributed by atoms with Crippen molar-refractivity contribution < 1.29 is 18.5 Å². The Morgan fingerprint density at radius 2 is 1.71 bits per heavy atom. The van der Waals surface area contributed by atoms with Gasteiger partial charge < -0.3 is 18.5 Å². The summed E-state index contributed by atoms with van der Waals surface area (Å²) in [5.74, 6) is 2.91. The molecule has 1 aliphatic rings. The van der Waals surface area contributed by atoms with Crippen LogP contribution < -0.4 is 10.4 Å². The molecule has 0 spiro atoms. The Hall–Kier alpha value is -2.05. The van der Waals surface area contributed by atoms with Crippen LogP contribution >= 0.6 is 0 Å². The molecule has 1 aromatic heterocycles. The lowest BCUT2D eigenvalue weighted by Gasteiger charge is -2.32. The maximum Gasteiger partial charge on any atom is 0.487 e.